The summed E-state index contributed by atoms with van der Waals surface area (Å²) in [6.07, 6.45) is 4.80. The van der Waals surface area contributed by atoms with Crippen LogP contribution in [0.25, 0.3) is 5.65 Å². The van der Waals surface area contributed by atoms with Crippen molar-refractivity contribution < 1.29 is 19.0 Å². The first-order valence-electron chi connectivity index (χ1n) is 9.94. The molecule has 2 unspecified atom stereocenters. The van der Waals surface area contributed by atoms with Crippen LogP contribution in [0.2, 0.25) is 0 Å². The third-order valence-electron chi connectivity index (χ3n) is 6.03. The minimum absolute atomic E-state index is 0.0455. The van der Waals surface area contributed by atoms with Crippen LogP contribution in [0.3, 0.4) is 0 Å². The molecular formula is C21H22FN5O3. The van der Waals surface area contributed by atoms with Gasteiger partial charge >= 0.3 is 5.97 Å². The van der Waals surface area contributed by atoms with Crippen LogP contribution in [0.1, 0.15) is 35.7 Å². The molecule has 3 atom stereocenters. The molecule has 2 fully saturated rings. The summed E-state index contributed by atoms with van der Waals surface area (Å²) in [6.45, 7) is 2.93. The van der Waals surface area contributed by atoms with Gasteiger partial charge in [0, 0.05) is 24.3 Å². The summed E-state index contributed by atoms with van der Waals surface area (Å²) in [5.74, 6) is 0.232. The van der Waals surface area contributed by atoms with Gasteiger partial charge in [0.25, 0.3) is 0 Å². The molecule has 9 heteroatoms. The summed E-state index contributed by atoms with van der Waals surface area (Å²) in [5, 5.41) is 13.5. The lowest BCUT2D eigenvalue weighted by molar-refractivity contribution is 0.0698. The molecule has 1 aliphatic heterocycles. The van der Waals surface area contributed by atoms with Crippen LogP contribution >= 0.6 is 0 Å². The van der Waals surface area contributed by atoms with Crippen molar-refractivity contribution in [1.29, 1.82) is 0 Å². The van der Waals surface area contributed by atoms with E-state index in [9.17, 15) is 14.3 Å². The van der Waals surface area contributed by atoms with Crippen molar-refractivity contribution in [1.82, 2.24) is 14.6 Å². The molecule has 3 aromatic rings. The second-order valence-corrected chi connectivity index (χ2v) is 8.11. The molecule has 3 heterocycles. The highest BCUT2D eigenvalue weighted by Gasteiger charge is 2.64. The molecule has 0 spiro atoms. The van der Waals surface area contributed by atoms with Crippen molar-refractivity contribution in [3.63, 3.8) is 0 Å². The number of fused-ring (bicyclic) bond motifs is 2. The number of aromatic nitrogens is 3. The molecule has 0 amide bonds. The quantitative estimate of drug-likeness (QED) is 0.642. The SMILES string of the molecule is C[C@@H](N)COc1ccc(F)cc1C12CC1CCN2c1ccn2ncc(C(=O)O)c2n1. The van der Waals surface area contributed by atoms with Gasteiger partial charge in [-0.25, -0.2) is 18.7 Å². The smallest absolute Gasteiger partial charge is 0.341 e. The number of piperidine rings is 1. The Labute approximate surface area is 172 Å². The zero-order chi connectivity index (χ0) is 21.0. The van der Waals surface area contributed by atoms with E-state index in [4.69, 9.17) is 10.5 Å². The van der Waals surface area contributed by atoms with Gasteiger partial charge in [-0.2, -0.15) is 5.10 Å². The van der Waals surface area contributed by atoms with E-state index in [2.05, 4.69) is 15.0 Å². The number of carboxylic acid groups (broad SMARTS) is 1. The molecule has 30 heavy (non-hydrogen) atoms. The maximum absolute atomic E-state index is 14.2. The molecule has 0 radical (unpaired) electrons. The van der Waals surface area contributed by atoms with Crippen LogP contribution in [0.5, 0.6) is 5.75 Å². The van der Waals surface area contributed by atoms with Gasteiger partial charge in [-0.3, -0.25) is 0 Å². The zero-order valence-corrected chi connectivity index (χ0v) is 16.5. The fourth-order valence-corrected chi connectivity index (χ4v) is 4.61. The molecule has 2 aliphatic rings. The molecule has 1 aliphatic carbocycles. The monoisotopic (exact) mass is 411 g/mol. The van der Waals surface area contributed by atoms with Gasteiger partial charge in [-0.15, -0.1) is 0 Å². The first-order valence-corrected chi connectivity index (χ1v) is 9.94. The van der Waals surface area contributed by atoms with E-state index in [1.807, 2.05) is 13.0 Å². The number of ether oxygens (including phenoxy) is 1. The van der Waals surface area contributed by atoms with Gasteiger partial charge in [-0.1, -0.05) is 0 Å². The number of hydrogen-bond acceptors (Lipinski definition) is 6. The van der Waals surface area contributed by atoms with Crippen LogP contribution in [-0.4, -0.2) is 44.9 Å². The number of hydrogen-bond donors (Lipinski definition) is 2. The molecule has 0 bridgehead atoms. The second-order valence-electron chi connectivity index (χ2n) is 8.11. The highest BCUT2D eigenvalue weighted by Crippen LogP contribution is 2.64. The summed E-state index contributed by atoms with van der Waals surface area (Å²) in [4.78, 5) is 18.2. The van der Waals surface area contributed by atoms with Crippen LogP contribution in [-0.2, 0) is 5.54 Å². The van der Waals surface area contributed by atoms with Crippen LogP contribution in [0, 0.1) is 11.7 Å². The van der Waals surface area contributed by atoms with E-state index < -0.39 is 11.5 Å². The van der Waals surface area contributed by atoms with E-state index in [-0.39, 0.29) is 23.1 Å². The fourth-order valence-electron chi connectivity index (χ4n) is 4.61. The maximum Gasteiger partial charge on any atom is 0.341 e. The van der Waals surface area contributed by atoms with Gasteiger partial charge in [0.2, 0.25) is 0 Å². The van der Waals surface area contributed by atoms with Crippen LogP contribution in [0.4, 0.5) is 10.2 Å². The Balaban J connectivity index is 1.58. The first kappa shape index (κ1) is 18.8. The Kier molecular flexibility index (Phi) is 4.18. The van der Waals surface area contributed by atoms with E-state index in [0.717, 1.165) is 24.9 Å². The van der Waals surface area contributed by atoms with Crippen molar-refractivity contribution in [3.8, 4) is 5.75 Å². The van der Waals surface area contributed by atoms with Crippen molar-refractivity contribution in [2.75, 3.05) is 18.1 Å². The lowest BCUT2D eigenvalue weighted by Crippen LogP contribution is -2.34. The molecular weight excluding hydrogens is 389 g/mol. The van der Waals surface area contributed by atoms with Gasteiger partial charge in [0.1, 0.15) is 29.6 Å². The number of carbonyl (C=O) groups is 1. The Hall–Kier alpha value is -3.20. The average molecular weight is 411 g/mol. The van der Waals surface area contributed by atoms with E-state index in [1.54, 1.807) is 12.3 Å². The average Bonchev–Trinajstić information content (AvgIpc) is 3.09. The third kappa shape index (κ3) is 2.80. The Bertz CT molecular complexity index is 1150. The highest BCUT2D eigenvalue weighted by atomic mass is 19.1. The Morgan fingerprint density at radius 2 is 2.30 bits per heavy atom. The topological polar surface area (TPSA) is 106 Å². The number of rotatable bonds is 6. The standard InChI is InChI=1S/C21H22FN5O3/c1-12(23)11-30-17-3-2-14(22)8-16(17)21-9-13(21)4-6-26(21)18-5-7-27-19(25-18)15(10-24-27)20(28)29/h2-3,5,7-8,10,12-13H,4,6,9,11,23H2,1H3,(H,28,29)/t12-,13?,21?/m1/s1. The lowest BCUT2D eigenvalue weighted by Gasteiger charge is -2.31. The predicted molar refractivity (Wildman–Crippen MR) is 107 cm³/mol. The van der Waals surface area contributed by atoms with Crippen molar-refractivity contribution in [2.24, 2.45) is 11.7 Å². The number of halogens is 1. The Morgan fingerprint density at radius 3 is 3.03 bits per heavy atom. The van der Waals surface area contributed by atoms with Gasteiger partial charge in [-0.05, 0) is 49.9 Å². The molecule has 5 rings (SSSR count). The van der Waals surface area contributed by atoms with Crippen molar-refractivity contribution in [3.05, 3.63) is 53.6 Å². The van der Waals surface area contributed by atoms with Gasteiger partial charge in [0.15, 0.2) is 5.65 Å². The minimum Gasteiger partial charge on any atom is -0.492 e. The fraction of sp³-hybridized carbons (Fsp3) is 0.381. The minimum atomic E-state index is -1.08. The normalized spacial score (nSPS) is 23.4. The largest absolute Gasteiger partial charge is 0.492 e. The first-order chi connectivity index (χ1) is 14.4. The molecule has 1 saturated heterocycles. The number of nitrogens with two attached hydrogens (primary N) is 1. The summed E-state index contributed by atoms with van der Waals surface area (Å²) in [7, 11) is 0. The molecule has 156 valence electrons. The predicted octanol–water partition coefficient (Wildman–Crippen LogP) is 2.42. The zero-order valence-electron chi connectivity index (χ0n) is 16.5. The summed E-state index contributed by atoms with van der Waals surface area (Å²) in [5.41, 5.74) is 6.55. The number of aromatic carboxylic acids is 1. The summed E-state index contributed by atoms with van der Waals surface area (Å²) in [6, 6.07) is 6.26. The molecule has 3 N–H and O–H groups in total. The summed E-state index contributed by atoms with van der Waals surface area (Å²) >= 11 is 0. The van der Waals surface area contributed by atoms with Crippen LogP contribution < -0.4 is 15.4 Å². The second kappa shape index (κ2) is 6.66. The van der Waals surface area contributed by atoms with Crippen molar-refractivity contribution in [2.45, 2.75) is 31.3 Å². The summed E-state index contributed by atoms with van der Waals surface area (Å²) < 4.78 is 21.6. The molecule has 2 aromatic heterocycles. The maximum atomic E-state index is 14.2. The van der Waals surface area contributed by atoms with Gasteiger partial charge in [0.05, 0.1) is 11.7 Å². The van der Waals surface area contributed by atoms with Crippen LogP contribution in [0.15, 0.2) is 36.7 Å². The number of carboxylic acids is 1. The van der Waals surface area contributed by atoms with E-state index in [1.165, 1.54) is 22.8 Å². The Morgan fingerprint density at radius 1 is 1.47 bits per heavy atom. The number of benzene rings is 1. The molecule has 1 saturated carbocycles. The van der Waals surface area contributed by atoms with E-state index in [0.29, 0.717) is 24.1 Å². The van der Waals surface area contributed by atoms with Gasteiger partial charge < -0.3 is 20.5 Å². The third-order valence-corrected chi connectivity index (χ3v) is 6.03. The molecule has 1 aromatic carbocycles. The number of anilines is 1. The van der Waals surface area contributed by atoms with Crippen molar-refractivity contribution >= 4 is 17.4 Å². The highest BCUT2D eigenvalue weighted by molar-refractivity contribution is 5.94. The lowest BCUT2D eigenvalue weighted by atomic mass is 10.0. The number of nitrogens with zero attached hydrogens (tertiary/aromatic N) is 4. The van der Waals surface area contributed by atoms with E-state index >= 15 is 0 Å². The molecule has 8 nitrogen and oxygen atoms in total.